The minimum atomic E-state index is 0.0162. The van der Waals surface area contributed by atoms with Gasteiger partial charge >= 0.3 is 0 Å². The molecular formula is C7H8FNO. The Bertz CT molecular complexity index is 212. The number of hydrogen-bond donors (Lipinski definition) is 1. The number of fused-ring (bicyclic) bond motifs is 2. The van der Waals surface area contributed by atoms with E-state index in [4.69, 9.17) is 0 Å². The van der Waals surface area contributed by atoms with Gasteiger partial charge < -0.3 is 5.32 Å². The third kappa shape index (κ3) is 0.602. The van der Waals surface area contributed by atoms with Crippen LogP contribution in [0.5, 0.6) is 0 Å². The van der Waals surface area contributed by atoms with Gasteiger partial charge in [-0.15, -0.1) is 0 Å². The molecule has 0 aromatic heterocycles. The Hall–Kier alpha value is -0.860. The molecule has 54 valence electrons. The van der Waals surface area contributed by atoms with E-state index < -0.39 is 0 Å². The van der Waals surface area contributed by atoms with Crippen molar-refractivity contribution in [3.05, 3.63) is 11.9 Å². The maximum atomic E-state index is 12.0. The molecule has 0 aromatic carbocycles. The van der Waals surface area contributed by atoms with Gasteiger partial charge in [-0.2, -0.15) is 0 Å². The minimum absolute atomic E-state index is 0.0162. The third-order valence-electron chi connectivity index (χ3n) is 2.28. The summed E-state index contributed by atoms with van der Waals surface area (Å²) < 4.78 is 12.0. The number of carbonyl (C=O) groups excluding carboxylic acids is 1. The second-order valence-corrected chi connectivity index (χ2v) is 2.88. The van der Waals surface area contributed by atoms with Gasteiger partial charge in [0.1, 0.15) is 0 Å². The Labute approximate surface area is 58.1 Å². The van der Waals surface area contributed by atoms with Gasteiger partial charge in [0.2, 0.25) is 5.91 Å². The molecule has 2 unspecified atom stereocenters. The van der Waals surface area contributed by atoms with E-state index in [2.05, 4.69) is 5.32 Å². The van der Waals surface area contributed by atoms with E-state index in [9.17, 15) is 9.18 Å². The lowest BCUT2D eigenvalue weighted by molar-refractivity contribution is -0.123. The highest BCUT2D eigenvalue weighted by atomic mass is 19.1. The first-order valence-electron chi connectivity index (χ1n) is 3.41. The van der Waals surface area contributed by atoms with E-state index in [-0.39, 0.29) is 17.9 Å². The fraction of sp³-hybridized carbons (Fsp3) is 0.571. The highest BCUT2D eigenvalue weighted by molar-refractivity contribution is 5.84. The number of nitrogens with one attached hydrogen (secondary N) is 1. The number of amides is 1. The zero-order chi connectivity index (χ0) is 7.14. The molecule has 1 saturated heterocycles. The summed E-state index contributed by atoms with van der Waals surface area (Å²) in [6.07, 6.45) is 2.06. The summed E-state index contributed by atoms with van der Waals surface area (Å²) in [7, 11) is 0. The van der Waals surface area contributed by atoms with Gasteiger partial charge in [-0.05, 0) is 18.4 Å². The Morgan fingerprint density at radius 3 is 2.90 bits per heavy atom. The lowest BCUT2D eigenvalue weighted by atomic mass is 10.1. The summed E-state index contributed by atoms with van der Waals surface area (Å²) in [6.45, 7) is 0. The van der Waals surface area contributed by atoms with Crippen LogP contribution >= 0.6 is 0 Å². The van der Waals surface area contributed by atoms with Crippen molar-refractivity contribution < 1.29 is 9.18 Å². The monoisotopic (exact) mass is 141 g/mol. The van der Waals surface area contributed by atoms with Crippen LogP contribution in [0.25, 0.3) is 0 Å². The lowest BCUT2D eigenvalue weighted by Crippen LogP contribution is -2.31. The summed E-state index contributed by atoms with van der Waals surface area (Å²) in [6, 6.07) is 0.0162. The van der Waals surface area contributed by atoms with Gasteiger partial charge in [-0.3, -0.25) is 4.79 Å². The first-order valence-corrected chi connectivity index (χ1v) is 3.41. The van der Waals surface area contributed by atoms with Gasteiger partial charge in [0.15, 0.2) is 0 Å². The molecule has 2 rings (SSSR count). The van der Waals surface area contributed by atoms with Crippen molar-refractivity contribution in [3.8, 4) is 0 Å². The molecule has 1 aliphatic carbocycles. The summed E-state index contributed by atoms with van der Waals surface area (Å²) >= 11 is 0. The molecule has 0 spiro atoms. The average Bonchev–Trinajstić information content (AvgIpc) is 2.44. The van der Waals surface area contributed by atoms with Gasteiger partial charge in [0.25, 0.3) is 0 Å². The van der Waals surface area contributed by atoms with Crippen molar-refractivity contribution in [1.82, 2.24) is 5.32 Å². The summed E-state index contributed by atoms with van der Waals surface area (Å²) in [4.78, 5) is 10.8. The van der Waals surface area contributed by atoms with Crippen molar-refractivity contribution in [1.29, 1.82) is 0 Å². The van der Waals surface area contributed by atoms with Crippen LogP contribution in [-0.2, 0) is 4.79 Å². The molecule has 1 N–H and O–H groups in total. The van der Waals surface area contributed by atoms with Crippen LogP contribution < -0.4 is 5.32 Å². The van der Waals surface area contributed by atoms with Gasteiger partial charge in [0.05, 0.1) is 12.4 Å². The van der Waals surface area contributed by atoms with Crippen LogP contribution in [0.4, 0.5) is 4.39 Å². The van der Waals surface area contributed by atoms with Crippen molar-refractivity contribution in [3.63, 3.8) is 0 Å². The highest BCUT2D eigenvalue weighted by Gasteiger charge is 2.41. The topological polar surface area (TPSA) is 29.1 Å². The molecule has 1 amide bonds. The fourth-order valence-corrected chi connectivity index (χ4v) is 1.71. The molecule has 10 heavy (non-hydrogen) atoms. The van der Waals surface area contributed by atoms with Crippen LogP contribution in [-0.4, -0.2) is 11.9 Å². The first-order chi connectivity index (χ1) is 4.81. The minimum Gasteiger partial charge on any atom is -0.349 e. The number of carbonyl (C=O) groups is 1. The van der Waals surface area contributed by atoms with E-state index in [1.807, 2.05) is 0 Å². The molecule has 2 bridgehead atoms. The van der Waals surface area contributed by atoms with Crippen LogP contribution in [0.1, 0.15) is 12.8 Å². The molecule has 0 aromatic rings. The SMILES string of the molecule is O=C1NC2CC1C/C2=C\F. The third-order valence-corrected chi connectivity index (χ3v) is 2.28. The first kappa shape index (κ1) is 5.89. The summed E-state index contributed by atoms with van der Waals surface area (Å²) in [5.74, 6) is 0.155. The normalized spacial score (nSPS) is 40.9. The van der Waals surface area contributed by atoms with Crippen molar-refractivity contribution in [2.75, 3.05) is 0 Å². The Morgan fingerprint density at radius 1 is 1.70 bits per heavy atom. The van der Waals surface area contributed by atoms with Crippen LogP contribution in [0.15, 0.2) is 11.9 Å². The molecule has 0 radical (unpaired) electrons. The molecule has 2 fully saturated rings. The van der Waals surface area contributed by atoms with Crippen molar-refractivity contribution >= 4 is 5.91 Å². The zero-order valence-corrected chi connectivity index (χ0v) is 5.43. The summed E-state index contributed by atoms with van der Waals surface area (Å²) in [5.41, 5.74) is 0.754. The van der Waals surface area contributed by atoms with Crippen molar-refractivity contribution in [2.45, 2.75) is 18.9 Å². The molecular weight excluding hydrogens is 133 g/mol. The summed E-state index contributed by atoms with van der Waals surface area (Å²) in [5, 5.41) is 2.71. The van der Waals surface area contributed by atoms with Crippen LogP contribution in [0.3, 0.4) is 0 Å². The smallest absolute Gasteiger partial charge is 0.223 e. The largest absolute Gasteiger partial charge is 0.349 e. The molecule has 3 heteroatoms. The van der Waals surface area contributed by atoms with Crippen LogP contribution in [0.2, 0.25) is 0 Å². The lowest BCUT2D eigenvalue weighted by Gasteiger charge is -2.12. The molecule has 2 nitrogen and oxygen atoms in total. The molecule has 1 saturated carbocycles. The van der Waals surface area contributed by atoms with Gasteiger partial charge in [-0.25, -0.2) is 4.39 Å². The molecule has 2 aliphatic rings. The highest BCUT2D eigenvalue weighted by Crippen LogP contribution is 2.36. The second kappa shape index (κ2) is 1.81. The maximum Gasteiger partial charge on any atom is 0.223 e. The Balaban J connectivity index is 2.24. The Kier molecular flexibility index (Phi) is 1.07. The maximum absolute atomic E-state index is 12.0. The van der Waals surface area contributed by atoms with E-state index >= 15 is 0 Å². The predicted molar refractivity (Wildman–Crippen MR) is 33.8 cm³/mol. The molecule has 1 aliphatic heterocycles. The quantitative estimate of drug-likeness (QED) is 0.530. The zero-order valence-electron chi connectivity index (χ0n) is 5.43. The van der Waals surface area contributed by atoms with E-state index in [1.165, 1.54) is 0 Å². The van der Waals surface area contributed by atoms with Crippen LogP contribution in [0, 0.1) is 5.92 Å². The standard InChI is InChI=1S/C7H8FNO/c8-3-5-1-4-2-6(5)9-7(4)10/h3-4,6H,1-2H2,(H,9,10)/b5-3+. The Morgan fingerprint density at radius 2 is 2.50 bits per heavy atom. The number of rotatable bonds is 0. The van der Waals surface area contributed by atoms with Gasteiger partial charge in [-0.1, -0.05) is 0 Å². The molecule has 2 atom stereocenters. The van der Waals surface area contributed by atoms with E-state index in [0.29, 0.717) is 12.8 Å². The number of piperidine rings is 1. The van der Waals surface area contributed by atoms with E-state index in [1.54, 1.807) is 0 Å². The van der Waals surface area contributed by atoms with Crippen molar-refractivity contribution in [2.24, 2.45) is 5.92 Å². The fourth-order valence-electron chi connectivity index (χ4n) is 1.71. The number of hydrogen-bond acceptors (Lipinski definition) is 1. The predicted octanol–water partition coefficient (Wildman–Crippen LogP) is 0.748. The van der Waals surface area contributed by atoms with Gasteiger partial charge in [0, 0.05) is 5.92 Å². The number of halogens is 1. The average molecular weight is 141 g/mol. The second-order valence-electron chi connectivity index (χ2n) is 2.88. The van der Waals surface area contributed by atoms with E-state index in [0.717, 1.165) is 12.0 Å². The molecule has 1 heterocycles.